The van der Waals surface area contributed by atoms with E-state index >= 15 is 0 Å². The summed E-state index contributed by atoms with van der Waals surface area (Å²) in [6, 6.07) is 0.0903. The molecule has 0 aromatic carbocycles. The summed E-state index contributed by atoms with van der Waals surface area (Å²) in [6.07, 6.45) is 1.79. The number of hydrogen-bond acceptors (Lipinski definition) is 2. The lowest BCUT2D eigenvalue weighted by Gasteiger charge is -2.24. The molecule has 0 aliphatic carbocycles. The number of amides is 1. The van der Waals surface area contributed by atoms with E-state index in [1.807, 2.05) is 13.8 Å². The van der Waals surface area contributed by atoms with E-state index in [4.69, 9.17) is 5.11 Å². The van der Waals surface area contributed by atoms with Gasteiger partial charge in [-0.25, -0.2) is 0 Å². The van der Waals surface area contributed by atoms with Gasteiger partial charge in [0.05, 0.1) is 5.76 Å². The van der Waals surface area contributed by atoms with Gasteiger partial charge in [0, 0.05) is 18.5 Å². The summed E-state index contributed by atoms with van der Waals surface area (Å²) in [7, 11) is 0. The normalized spacial score (nSPS) is 24.8. The first-order valence-corrected chi connectivity index (χ1v) is 3.79. The van der Waals surface area contributed by atoms with Gasteiger partial charge >= 0.3 is 0 Å². The van der Waals surface area contributed by atoms with Gasteiger partial charge in [-0.2, -0.15) is 0 Å². The molecule has 0 fully saturated rings. The Labute approximate surface area is 66.1 Å². The van der Waals surface area contributed by atoms with Crippen LogP contribution in [0.4, 0.5) is 0 Å². The van der Waals surface area contributed by atoms with Crippen LogP contribution in [0.1, 0.15) is 20.3 Å². The van der Waals surface area contributed by atoms with Crippen LogP contribution in [0.5, 0.6) is 0 Å². The SMILES string of the molecule is CC(C)C1CC(O)=CC(=O)N1. The molecule has 0 aromatic rings. The van der Waals surface area contributed by atoms with Crippen LogP contribution in [0.25, 0.3) is 0 Å². The molecule has 1 rings (SSSR count). The van der Waals surface area contributed by atoms with Crippen LogP contribution in [-0.2, 0) is 4.79 Å². The average Bonchev–Trinajstić information content (AvgIpc) is 1.85. The van der Waals surface area contributed by atoms with Crippen molar-refractivity contribution < 1.29 is 9.90 Å². The molecule has 0 saturated heterocycles. The molecule has 2 N–H and O–H groups in total. The molecule has 1 atom stereocenters. The fourth-order valence-electron chi connectivity index (χ4n) is 1.11. The molecule has 1 unspecified atom stereocenters. The van der Waals surface area contributed by atoms with Crippen molar-refractivity contribution in [3.05, 3.63) is 11.8 Å². The van der Waals surface area contributed by atoms with E-state index in [-0.39, 0.29) is 17.7 Å². The molecule has 0 spiro atoms. The fraction of sp³-hybridized carbons (Fsp3) is 0.625. The lowest BCUT2D eigenvalue weighted by molar-refractivity contribution is -0.118. The second-order valence-corrected chi connectivity index (χ2v) is 3.20. The Hall–Kier alpha value is -0.990. The quantitative estimate of drug-likeness (QED) is 0.592. The highest BCUT2D eigenvalue weighted by atomic mass is 16.3. The molecular formula is C8H13NO2. The smallest absolute Gasteiger partial charge is 0.247 e. The van der Waals surface area contributed by atoms with Crippen molar-refractivity contribution in [2.75, 3.05) is 0 Å². The maximum atomic E-state index is 10.8. The first kappa shape index (κ1) is 8.11. The van der Waals surface area contributed by atoms with Crippen LogP contribution in [0, 0.1) is 5.92 Å². The number of carbonyl (C=O) groups is 1. The van der Waals surface area contributed by atoms with Crippen molar-refractivity contribution in [1.29, 1.82) is 0 Å². The third kappa shape index (κ3) is 1.97. The molecule has 1 amide bonds. The van der Waals surface area contributed by atoms with Gasteiger partial charge < -0.3 is 10.4 Å². The molecule has 0 saturated carbocycles. The molecule has 1 heterocycles. The van der Waals surface area contributed by atoms with Gasteiger partial charge in [0.25, 0.3) is 0 Å². The minimum absolute atomic E-state index is 0.0903. The van der Waals surface area contributed by atoms with Crippen molar-refractivity contribution in [2.24, 2.45) is 5.92 Å². The van der Waals surface area contributed by atoms with E-state index < -0.39 is 0 Å². The second-order valence-electron chi connectivity index (χ2n) is 3.20. The van der Waals surface area contributed by atoms with Gasteiger partial charge in [0.2, 0.25) is 5.91 Å². The van der Waals surface area contributed by atoms with E-state index in [0.717, 1.165) is 0 Å². The van der Waals surface area contributed by atoms with Crippen molar-refractivity contribution >= 4 is 5.91 Å². The Kier molecular flexibility index (Phi) is 2.17. The Bertz CT molecular complexity index is 196. The van der Waals surface area contributed by atoms with Gasteiger partial charge in [-0.3, -0.25) is 4.79 Å². The second kappa shape index (κ2) is 2.95. The van der Waals surface area contributed by atoms with Crippen molar-refractivity contribution in [3.8, 4) is 0 Å². The summed E-state index contributed by atoms with van der Waals surface area (Å²) in [5, 5.41) is 11.9. The summed E-state index contributed by atoms with van der Waals surface area (Å²) < 4.78 is 0. The average molecular weight is 155 g/mol. The molecular weight excluding hydrogens is 142 g/mol. The standard InChI is InChI=1S/C8H13NO2/c1-5(2)7-3-6(10)4-8(11)9-7/h4-5,7,10H,3H2,1-2H3,(H,9,11). The van der Waals surface area contributed by atoms with Crippen molar-refractivity contribution in [1.82, 2.24) is 5.32 Å². The van der Waals surface area contributed by atoms with Gasteiger partial charge in [-0.1, -0.05) is 13.8 Å². The van der Waals surface area contributed by atoms with Crippen LogP contribution in [0.15, 0.2) is 11.8 Å². The number of carbonyl (C=O) groups excluding carboxylic acids is 1. The highest BCUT2D eigenvalue weighted by Crippen LogP contribution is 2.14. The van der Waals surface area contributed by atoms with Crippen LogP contribution >= 0.6 is 0 Å². The molecule has 3 nitrogen and oxygen atoms in total. The zero-order valence-corrected chi connectivity index (χ0v) is 6.79. The van der Waals surface area contributed by atoms with E-state index in [0.29, 0.717) is 12.3 Å². The third-order valence-electron chi connectivity index (χ3n) is 1.86. The van der Waals surface area contributed by atoms with Gasteiger partial charge in [0.15, 0.2) is 0 Å². The molecule has 1 aliphatic heterocycles. The van der Waals surface area contributed by atoms with E-state index in [1.165, 1.54) is 6.08 Å². The molecule has 1 aliphatic rings. The van der Waals surface area contributed by atoms with Gasteiger partial charge in [-0.15, -0.1) is 0 Å². The van der Waals surface area contributed by atoms with Crippen LogP contribution in [-0.4, -0.2) is 17.1 Å². The summed E-state index contributed by atoms with van der Waals surface area (Å²) >= 11 is 0. The zero-order valence-electron chi connectivity index (χ0n) is 6.79. The number of hydrogen-bond donors (Lipinski definition) is 2. The third-order valence-corrected chi connectivity index (χ3v) is 1.86. The Balaban J connectivity index is 2.64. The lowest BCUT2D eigenvalue weighted by atomic mass is 9.97. The Morgan fingerprint density at radius 1 is 1.73 bits per heavy atom. The summed E-state index contributed by atoms with van der Waals surface area (Å²) in [4.78, 5) is 10.8. The molecule has 3 heteroatoms. The number of rotatable bonds is 1. The fourth-order valence-corrected chi connectivity index (χ4v) is 1.11. The Morgan fingerprint density at radius 3 is 2.82 bits per heavy atom. The zero-order chi connectivity index (χ0) is 8.43. The molecule has 11 heavy (non-hydrogen) atoms. The van der Waals surface area contributed by atoms with Gasteiger partial charge in [0.1, 0.15) is 0 Å². The molecule has 0 radical (unpaired) electrons. The highest BCUT2D eigenvalue weighted by molar-refractivity contribution is 5.89. The van der Waals surface area contributed by atoms with Gasteiger partial charge in [-0.05, 0) is 5.92 Å². The van der Waals surface area contributed by atoms with Crippen LogP contribution in [0.3, 0.4) is 0 Å². The number of aliphatic hydroxyl groups excluding tert-OH is 1. The first-order chi connectivity index (χ1) is 5.09. The molecule has 0 aromatic heterocycles. The Morgan fingerprint density at radius 2 is 2.36 bits per heavy atom. The monoisotopic (exact) mass is 155 g/mol. The van der Waals surface area contributed by atoms with E-state index in [1.54, 1.807) is 0 Å². The topological polar surface area (TPSA) is 49.3 Å². The van der Waals surface area contributed by atoms with Crippen LogP contribution < -0.4 is 5.32 Å². The number of nitrogens with one attached hydrogen (secondary N) is 1. The van der Waals surface area contributed by atoms with Crippen molar-refractivity contribution in [3.63, 3.8) is 0 Å². The summed E-state index contributed by atoms with van der Waals surface area (Å²) in [6.45, 7) is 4.03. The molecule has 62 valence electrons. The lowest BCUT2D eigenvalue weighted by Crippen LogP contribution is -2.40. The minimum Gasteiger partial charge on any atom is -0.512 e. The maximum absolute atomic E-state index is 10.8. The summed E-state index contributed by atoms with van der Waals surface area (Å²) in [5.74, 6) is 0.370. The molecule has 0 bridgehead atoms. The van der Waals surface area contributed by atoms with E-state index in [9.17, 15) is 4.79 Å². The maximum Gasteiger partial charge on any atom is 0.247 e. The predicted octanol–water partition coefficient (Wildman–Crippen LogP) is 0.973. The predicted molar refractivity (Wildman–Crippen MR) is 42.1 cm³/mol. The first-order valence-electron chi connectivity index (χ1n) is 3.79. The van der Waals surface area contributed by atoms with E-state index in [2.05, 4.69) is 5.32 Å². The largest absolute Gasteiger partial charge is 0.512 e. The summed E-state index contributed by atoms with van der Waals surface area (Å²) in [5.41, 5.74) is 0. The van der Waals surface area contributed by atoms with Crippen LogP contribution in [0.2, 0.25) is 0 Å². The minimum atomic E-state index is -0.188. The number of aliphatic hydroxyl groups is 1. The highest BCUT2D eigenvalue weighted by Gasteiger charge is 2.21. The van der Waals surface area contributed by atoms with Crippen molar-refractivity contribution in [2.45, 2.75) is 26.3 Å².